The highest BCUT2D eigenvalue weighted by atomic mass is 16.5. The summed E-state index contributed by atoms with van der Waals surface area (Å²) in [5.41, 5.74) is 8.45. The van der Waals surface area contributed by atoms with Crippen LogP contribution in [-0.2, 0) is 0 Å². The number of nitrogens with two attached hydrogens (primary N) is 1. The fraction of sp³-hybridized carbons (Fsp3) is 0.125. The molecule has 112 valence electrons. The van der Waals surface area contributed by atoms with Crippen molar-refractivity contribution in [1.82, 2.24) is 10.2 Å². The molecule has 22 heavy (non-hydrogen) atoms. The Hall–Kier alpha value is -3.02. The number of nitrogen functional groups attached to an aromatic ring is 1. The lowest BCUT2D eigenvalue weighted by Crippen LogP contribution is -1.99. The van der Waals surface area contributed by atoms with Crippen LogP contribution in [0.1, 0.15) is 17.3 Å². The molecule has 0 spiro atoms. The summed E-state index contributed by atoms with van der Waals surface area (Å²) in [4.78, 5) is 11.2. The first-order chi connectivity index (χ1) is 10.6. The van der Waals surface area contributed by atoms with Crippen LogP contribution in [0.2, 0.25) is 0 Å². The first-order valence-electron chi connectivity index (χ1n) is 6.83. The monoisotopic (exact) mass is 297 g/mol. The molecule has 0 saturated heterocycles. The Bertz CT molecular complexity index is 855. The van der Waals surface area contributed by atoms with Crippen molar-refractivity contribution in [3.05, 3.63) is 42.0 Å². The van der Waals surface area contributed by atoms with Crippen molar-refractivity contribution >= 4 is 22.6 Å². The SMILES string of the molecule is CCOc1ccc2[nH]nc(-c3cc(N)cc(C(=O)O)c3)c2c1. The van der Waals surface area contributed by atoms with Gasteiger partial charge in [0.2, 0.25) is 0 Å². The molecule has 4 N–H and O–H groups in total. The number of benzene rings is 2. The quantitative estimate of drug-likeness (QED) is 0.643. The van der Waals surface area contributed by atoms with Gasteiger partial charge in [0, 0.05) is 16.6 Å². The van der Waals surface area contributed by atoms with Gasteiger partial charge in [-0.2, -0.15) is 5.10 Å². The van der Waals surface area contributed by atoms with Crippen molar-refractivity contribution in [2.24, 2.45) is 0 Å². The lowest BCUT2D eigenvalue weighted by Gasteiger charge is -2.05. The Morgan fingerprint density at radius 2 is 2.14 bits per heavy atom. The molecule has 0 bridgehead atoms. The van der Waals surface area contributed by atoms with Crippen LogP contribution in [0.15, 0.2) is 36.4 Å². The van der Waals surface area contributed by atoms with Crippen LogP contribution in [0.5, 0.6) is 5.75 Å². The second kappa shape index (κ2) is 5.40. The molecule has 0 aliphatic heterocycles. The molecule has 0 saturated carbocycles. The minimum Gasteiger partial charge on any atom is -0.494 e. The number of H-pyrrole nitrogens is 1. The Morgan fingerprint density at radius 1 is 1.32 bits per heavy atom. The number of hydrogen-bond acceptors (Lipinski definition) is 4. The Labute approximate surface area is 126 Å². The van der Waals surface area contributed by atoms with Gasteiger partial charge in [-0.05, 0) is 43.3 Å². The van der Waals surface area contributed by atoms with Gasteiger partial charge < -0.3 is 15.6 Å². The smallest absolute Gasteiger partial charge is 0.335 e. The first-order valence-corrected chi connectivity index (χ1v) is 6.83. The number of ether oxygens (including phenoxy) is 1. The minimum atomic E-state index is -1.02. The van der Waals surface area contributed by atoms with E-state index in [1.54, 1.807) is 12.1 Å². The third-order valence-corrected chi connectivity index (χ3v) is 3.32. The fourth-order valence-electron chi connectivity index (χ4n) is 2.38. The summed E-state index contributed by atoms with van der Waals surface area (Å²) in [6.45, 7) is 2.48. The average molecular weight is 297 g/mol. The molecule has 6 heteroatoms. The number of aromatic carboxylic acids is 1. The number of anilines is 1. The van der Waals surface area contributed by atoms with E-state index in [1.165, 1.54) is 6.07 Å². The second-order valence-corrected chi connectivity index (χ2v) is 4.86. The summed E-state index contributed by atoms with van der Waals surface area (Å²) in [5.74, 6) is -0.289. The van der Waals surface area contributed by atoms with E-state index >= 15 is 0 Å². The van der Waals surface area contributed by atoms with E-state index in [2.05, 4.69) is 10.2 Å². The second-order valence-electron chi connectivity index (χ2n) is 4.86. The molecule has 0 aliphatic carbocycles. The van der Waals surface area contributed by atoms with Crippen molar-refractivity contribution in [2.45, 2.75) is 6.92 Å². The molecule has 0 fully saturated rings. The molecule has 0 amide bonds. The zero-order valence-corrected chi connectivity index (χ0v) is 12.0. The first kappa shape index (κ1) is 13.9. The molecule has 0 atom stereocenters. The standard InChI is InChI=1S/C16H15N3O3/c1-2-22-12-3-4-14-13(8-12)15(19-18-14)9-5-10(16(20)21)7-11(17)6-9/h3-8H,2,17H2,1H3,(H,18,19)(H,20,21). The van der Waals surface area contributed by atoms with Crippen LogP contribution in [0, 0.1) is 0 Å². The van der Waals surface area contributed by atoms with Crippen molar-refractivity contribution in [3.8, 4) is 17.0 Å². The lowest BCUT2D eigenvalue weighted by molar-refractivity contribution is 0.0697. The van der Waals surface area contributed by atoms with E-state index in [9.17, 15) is 4.79 Å². The molecule has 3 aromatic rings. The van der Waals surface area contributed by atoms with Crippen molar-refractivity contribution in [2.75, 3.05) is 12.3 Å². The molecule has 3 rings (SSSR count). The number of aromatic amines is 1. The molecule has 1 aromatic heterocycles. The topological polar surface area (TPSA) is 101 Å². The van der Waals surface area contributed by atoms with Crippen LogP contribution in [0.25, 0.3) is 22.2 Å². The van der Waals surface area contributed by atoms with Gasteiger partial charge in [-0.3, -0.25) is 5.10 Å². The summed E-state index contributed by atoms with van der Waals surface area (Å²) in [6.07, 6.45) is 0. The third kappa shape index (κ3) is 2.46. The highest BCUT2D eigenvalue weighted by Crippen LogP contribution is 2.31. The van der Waals surface area contributed by atoms with Crippen LogP contribution in [-0.4, -0.2) is 27.9 Å². The fourth-order valence-corrected chi connectivity index (χ4v) is 2.38. The average Bonchev–Trinajstić information content (AvgIpc) is 2.90. The molecule has 2 aromatic carbocycles. The maximum absolute atomic E-state index is 11.2. The van der Waals surface area contributed by atoms with E-state index in [1.807, 2.05) is 25.1 Å². The minimum absolute atomic E-state index is 0.132. The summed E-state index contributed by atoms with van der Waals surface area (Å²) >= 11 is 0. The normalized spacial score (nSPS) is 10.8. The number of rotatable bonds is 4. The maximum atomic E-state index is 11.2. The molecule has 0 aliphatic rings. The summed E-state index contributed by atoms with van der Waals surface area (Å²) in [7, 11) is 0. The molecule has 1 heterocycles. The maximum Gasteiger partial charge on any atom is 0.335 e. The molecular formula is C16H15N3O3. The number of fused-ring (bicyclic) bond motifs is 1. The zero-order valence-electron chi connectivity index (χ0n) is 12.0. The van der Waals surface area contributed by atoms with Crippen molar-refractivity contribution in [1.29, 1.82) is 0 Å². The number of carbonyl (C=O) groups is 1. The summed E-state index contributed by atoms with van der Waals surface area (Å²) in [5, 5.41) is 17.2. The van der Waals surface area contributed by atoms with Gasteiger partial charge in [0.1, 0.15) is 11.4 Å². The highest BCUT2D eigenvalue weighted by molar-refractivity contribution is 5.97. The third-order valence-electron chi connectivity index (χ3n) is 3.32. The Balaban J connectivity index is 2.17. The van der Waals surface area contributed by atoms with Gasteiger partial charge in [-0.1, -0.05) is 0 Å². The van der Waals surface area contributed by atoms with Gasteiger partial charge >= 0.3 is 5.97 Å². The van der Waals surface area contributed by atoms with Gasteiger partial charge in [0.15, 0.2) is 0 Å². The number of carboxylic acid groups (broad SMARTS) is 1. The van der Waals surface area contributed by atoms with Crippen molar-refractivity contribution < 1.29 is 14.6 Å². The molecule has 0 radical (unpaired) electrons. The van der Waals surface area contributed by atoms with Crippen molar-refractivity contribution in [3.63, 3.8) is 0 Å². The predicted molar refractivity (Wildman–Crippen MR) is 84.1 cm³/mol. The van der Waals surface area contributed by atoms with E-state index in [0.29, 0.717) is 23.6 Å². The van der Waals surface area contributed by atoms with Crippen LogP contribution in [0.4, 0.5) is 5.69 Å². The predicted octanol–water partition coefficient (Wildman–Crippen LogP) is 2.91. The molecule has 0 unspecified atom stereocenters. The summed E-state index contributed by atoms with van der Waals surface area (Å²) < 4.78 is 5.50. The van der Waals surface area contributed by atoms with Gasteiger partial charge in [-0.15, -0.1) is 0 Å². The Kier molecular flexibility index (Phi) is 3.42. The number of carboxylic acids is 1. The van der Waals surface area contributed by atoms with E-state index in [0.717, 1.165) is 16.7 Å². The van der Waals surface area contributed by atoms with E-state index in [-0.39, 0.29) is 5.56 Å². The van der Waals surface area contributed by atoms with Gasteiger partial charge in [-0.25, -0.2) is 4.79 Å². The van der Waals surface area contributed by atoms with Gasteiger partial charge in [0.05, 0.1) is 17.7 Å². The van der Waals surface area contributed by atoms with Crippen LogP contribution >= 0.6 is 0 Å². The van der Waals surface area contributed by atoms with E-state index in [4.69, 9.17) is 15.6 Å². The number of nitrogens with one attached hydrogen (secondary N) is 1. The molecular weight excluding hydrogens is 282 g/mol. The van der Waals surface area contributed by atoms with Crippen LogP contribution in [0.3, 0.4) is 0 Å². The largest absolute Gasteiger partial charge is 0.494 e. The zero-order chi connectivity index (χ0) is 15.7. The summed E-state index contributed by atoms with van der Waals surface area (Å²) in [6, 6.07) is 10.3. The Morgan fingerprint density at radius 3 is 2.86 bits per heavy atom. The number of hydrogen-bond donors (Lipinski definition) is 3. The number of aromatic nitrogens is 2. The highest BCUT2D eigenvalue weighted by Gasteiger charge is 2.13. The lowest BCUT2D eigenvalue weighted by atomic mass is 10.0. The van der Waals surface area contributed by atoms with E-state index < -0.39 is 5.97 Å². The van der Waals surface area contributed by atoms with Gasteiger partial charge in [0.25, 0.3) is 0 Å². The number of nitrogens with zero attached hydrogens (tertiary/aromatic N) is 1. The van der Waals surface area contributed by atoms with Crippen LogP contribution < -0.4 is 10.5 Å². The molecule has 6 nitrogen and oxygen atoms in total.